The monoisotopic (exact) mass is 1080 g/mol. The van der Waals surface area contributed by atoms with Crippen molar-refractivity contribution < 1.29 is 28.8 Å². The summed E-state index contributed by atoms with van der Waals surface area (Å²) in [5.41, 5.74) is -3.21. The standard InChI is InChI=1S/C24H24N2O2.C24H20N2O2.C22H20N2O2/c2*1-6-7-8-10-24-11-9-19-22(2,3)21(28)17(26-5)14-23(19,4)20(24)12-18(27)16(13-24)15-25;1-6-8-22-9-7-17-20(2,3)19(26)15(24-5)12-21(17,4)18(22)10-16(25)14(11-22)13-23/h12-14,19H,6-7,9,11H2,1-4H3;12-14,19H,9,11H2,1-4H3;10-12,17H,7,9H2,1-4H3. The Kier molecular flexibility index (Phi) is 15.8. The van der Waals surface area contributed by atoms with Gasteiger partial charge in [-0.1, -0.05) is 111 Å². The lowest BCUT2D eigenvalue weighted by molar-refractivity contribution is -0.130. The molecule has 3 saturated carbocycles. The molecule has 0 radical (unpaired) electrons. The maximum Gasteiger partial charge on any atom is 0.226 e. The van der Waals surface area contributed by atoms with Crippen molar-refractivity contribution in [1.82, 2.24) is 0 Å². The molecule has 9 atom stereocenters. The molecule has 0 bridgehead atoms. The summed E-state index contributed by atoms with van der Waals surface area (Å²) in [4.78, 5) is 86.4. The van der Waals surface area contributed by atoms with E-state index in [0.717, 1.165) is 42.4 Å². The van der Waals surface area contributed by atoms with E-state index >= 15 is 0 Å². The summed E-state index contributed by atoms with van der Waals surface area (Å²) in [7, 11) is 0. The van der Waals surface area contributed by atoms with Crippen molar-refractivity contribution in [2.24, 2.45) is 66.5 Å². The number of hydrogen-bond acceptors (Lipinski definition) is 9. The first-order valence-corrected chi connectivity index (χ1v) is 27.5. The molecule has 0 saturated heterocycles. The van der Waals surface area contributed by atoms with E-state index in [1.807, 2.05) is 80.5 Å². The number of ketones is 6. The highest BCUT2D eigenvalue weighted by Gasteiger charge is 2.62. The SMILES string of the molecule is [C-]#[N+]C1=CC2(C)C3=CC(=O)C(C#N)=CC3(C#CC#CC)CCC2C(C)(C)C1=O.[C-]#[N+]C1=CC2(C)C3=CC(=O)C(C#N)=CC3(C#CC)CCC2C(C)(C)C1=O.[C-]#[N+]C1=CC2(C)C3=CC(=O)C(C#N)=CC3(C#CCCC)CCC2C(C)(C)C1=O. The number of carbonyl (C=O) groups excluding carboxylic acids is 6. The molecule has 0 aromatic heterocycles. The minimum atomic E-state index is -0.797. The van der Waals surface area contributed by atoms with Gasteiger partial charge in [-0.05, 0) is 142 Å². The minimum Gasteiger partial charge on any atom is -0.307 e. The molecule has 0 amide bonds. The summed E-state index contributed by atoms with van der Waals surface area (Å²) in [5.74, 6) is 22.7. The number of rotatable bonds is 1. The normalized spacial score (nSPS) is 33.2. The average molecular weight is 1090 g/mol. The molecule has 9 aliphatic rings. The third-order valence-electron chi connectivity index (χ3n) is 19.2. The number of nitriles is 3. The molecule has 9 unspecified atom stereocenters. The topological polar surface area (TPSA) is 187 Å². The minimum absolute atomic E-state index is 0.0316. The highest BCUT2D eigenvalue weighted by atomic mass is 16.1. The summed E-state index contributed by atoms with van der Waals surface area (Å²) in [6.45, 7) is 45.2. The van der Waals surface area contributed by atoms with E-state index in [0.29, 0.717) is 25.7 Å². The molecule has 9 rings (SSSR count). The van der Waals surface area contributed by atoms with Crippen molar-refractivity contribution in [2.75, 3.05) is 0 Å². The molecule has 9 aliphatic carbocycles. The lowest BCUT2D eigenvalue weighted by Gasteiger charge is -2.56. The second-order valence-corrected chi connectivity index (χ2v) is 24.9. The molecule has 12 nitrogen and oxygen atoms in total. The average Bonchev–Trinajstić information content (AvgIpc) is 0.840. The second-order valence-electron chi connectivity index (χ2n) is 24.9. The molecular weight excluding hydrogens is 1020 g/mol. The lowest BCUT2D eigenvalue weighted by atomic mass is 9.46. The molecule has 82 heavy (non-hydrogen) atoms. The summed E-state index contributed by atoms with van der Waals surface area (Å²) in [6, 6.07) is 5.96. The van der Waals surface area contributed by atoms with E-state index in [1.54, 1.807) is 56.4 Å². The van der Waals surface area contributed by atoms with Crippen molar-refractivity contribution in [3.8, 4) is 65.6 Å². The van der Waals surface area contributed by atoms with Crippen LogP contribution in [0, 0.1) is 168 Å². The Labute approximate surface area is 483 Å². The Bertz CT molecular complexity index is 3860. The number of allylic oxidation sites excluding steroid dienone is 18. The molecule has 410 valence electrons. The predicted molar refractivity (Wildman–Crippen MR) is 308 cm³/mol. The fourth-order valence-electron chi connectivity index (χ4n) is 15.5. The Morgan fingerprint density at radius 2 is 0.793 bits per heavy atom. The van der Waals surface area contributed by atoms with Gasteiger partial charge in [-0.3, -0.25) is 14.4 Å². The van der Waals surface area contributed by atoms with Gasteiger partial charge < -0.3 is 14.4 Å². The van der Waals surface area contributed by atoms with Crippen LogP contribution >= 0.6 is 0 Å². The zero-order valence-corrected chi connectivity index (χ0v) is 48.7. The molecule has 0 N–H and O–H groups in total. The van der Waals surface area contributed by atoms with Crippen LogP contribution in [0.4, 0.5) is 0 Å². The van der Waals surface area contributed by atoms with Crippen LogP contribution in [-0.2, 0) is 28.8 Å². The van der Waals surface area contributed by atoms with Gasteiger partial charge in [-0.2, -0.15) is 15.8 Å². The van der Waals surface area contributed by atoms with Crippen LogP contribution in [0.5, 0.6) is 0 Å². The molecule has 3 fully saturated rings. The number of unbranched alkanes of at least 4 members (excludes halogenated alkanes) is 1. The second kappa shape index (κ2) is 21.4. The van der Waals surface area contributed by atoms with Crippen molar-refractivity contribution in [3.05, 3.63) is 139 Å². The molecule has 0 aliphatic heterocycles. The lowest BCUT2D eigenvalue weighted by Crippen LogP contribution is -2.53. The van der Waals surface area contributed by atoms with Crippen LogP contribution in [-0.4, -0.2) is 34.7 Å². The zero-order valence-electron chi connectivity index (χ0n) is 48.7. The van der Waals surface area contributed by atoms with E-state index in [9.17, 15) is 44.6 Å². The number of fused-ring (bicyclic) bond motifs is 9. The van der Waals surface area contributed by atoms with Crippen LogP contribution in [0.25, 0.3) is 14.5 Å². The Hall–Kier alpha value is -9.14. The van der Waals surface area contributed by atoms with E-state index in [1.165, 1.54) is 12.2 Å². The molecule has 12 heteroatoms. The van der Waals surface area contributed by atoms with Gasteiger partial charge in [0, 0.05) is 38.9 Å². The maximum atomic E-state index is 12.8. The highest BCUT2D eigenvalue weighted by molar-refractivity contribution is 6.11. The molecule has 0 aromatic carbocycles. The molecule has 0 aromatic rings. The van der Waals surface area contributed by atoms with Gasteiger partial charge in [0.15, 0.2) is 34.7 Å². The third-order valence-corrected chi connectivity index (χ3v) is 19.2. The maximum absolute atomic E-state index is 12.8. The number of nitrogens with zero attached hydrogens (tertiary/aromatic N) is 6. The highest BCUT2D eigenvalue weighted by Crippen LogP contribution is 2.66. The largest absolute Gasteiger partial charge is 0.307 e. The summed E-state index contributed by atoms with van der Waals surface area (Å²) >= 11 is 0. The first-order chi connectivity index (χ1) is 38.5. The van der Waals surface area contributed by atoms with Crippen LogP contribution < -0.4 is 0 Å². The van der Waals surface area contributed by atoms with Crippen LogP contribution in [0.1, 0.15) is 134 Å². The van der Waals surface area contributed by atoms with Gasteiger partial charge in [0.05, 0.1) is 52.7 Å². The fourth-order valence-corrected chi connectivity index (χ4v) is 15.5. The van der Waals surface area contributed by atoms with E-state index in [-0.39, 0.29) is 86.3 Å². The van der Waals surface area contributed by atoms with Crippen LogP contribution in [0.15, 0.2) is 105 Å². The quantitative estimate of drug-likeness (QED) is 0.182. The number of Topliss-reactive ketones (excluding diaryl/α,β-unsaturated/α-hetero) is 3. The van der Waals surface area contributed by atoms with Gasteiger partial charge >= 0.3 is 0 Å². The Morgan fingerprint density at radius 1 is 0.476 bits per heavy atom. The van der Waals surface area contributed by atoms with E-state index in [2.05, 4.69) is 68.8 Å². The Balaban J connectivity index is 0.000000177. The third kappa shape index (κ3) is 9.30. The van der Waals surface area contributed by atoms with Gasteiger partial charge in [0.25, 0.3) is 0 Å². The van der Waals surface area contributed by atoms with Crippen molar-refractivity contribution in [3.63, 3.8) is 0 Å². The van der Waals surface area contributed by atoms with Crippen LogP contribution in [0.3, 0.4) is 0 Å². The van der Waals surface area contributed by atoms with Crippen molar-refractivity contribution in [1.29, 1.82) is 15.8 Å². The fraction of sp³-hybridized carbons (Fsp3) is 0.457. The summed E-state index contributed by atoms with van der Waals surface area (Å²) < 4.78 is 0. The first kappa shape index (κ1) is 60.5. The molecule has 0 heterocycles. The first-order valence-electron chi connectivity index (χ1n) is 27.5. The van der Waals surface area contributed by atoms with Crippen LogP contribution in [0.2, 0.25) is 0 Å². The number of hydrogen-bond donors (Lipinski definition) is 0. The Morgan fingerprint density at radius 3 is 1.07 bits per heavy atom. The number of carbonyl (C=O) groups is 6. The van der Waals surface area contributed by atoms with Crippen molar-refractivity contribution >= 4 is 34.7 Å². The van der Waals surface area contributed by atoms with E-state index < -0.39 is 48.7 Å². The van der Waals surface area contributed by atoms with Gasteiger partial charge in [0.2, 0.25) is 17.1 Å². The predicted octanol–water partition coefficient (Wildman–Crippen LogP) is 12.1. The van der Waals surface area contributed by atoms with Gasteiger partial charge in [-0.15, -0.1) is 11.8 Å². The molecular formula is C70H64N6O6. The summed E-state index contributed by atoms with van der Waals surface area (Å²) in [5, 5.41) is 28.1. The summed E-state index contributed by atoms with van der Waals surface area (Å²) in [6.07, 6.45) is 20.6. The zero-order chi connectivity index (χ0) is 60.8. The molecule has 0 spiro atoms. The van der Waals surface area contributed by atoms with Crippen molar-refractivity contribution in [2.45, 2.75) is 134 Å². The van der Waals surface area contributed by atoms with Gasteiger partial charge in [0.1, 0.15) is 18.2 Å². The van der Waals surface area contributed by atoms with Gasteiger partial charge in [-0.25, -0.2) is 14.5 Å². The van der Waals surface area contributed by atoms with E-state index in [4.69, 9.17) is 19.7 Å². The smallest absolute Gasteiger partial charge is 0.226 e.